The zero-order valence-corrected chi connectivity index (χ0v) is 8.21. The summed E-state index contributed by atoms with van der Waals surface area (Å²) in [6, 6.07) is 0.302. The highest BCUT2D eigenvalue weighted by Crippen LogP contribution is 2.03. The molecule has 0 fully saturated rings. The lowest BCUT2D eigenvalue weighted by Gasteiger charge is -2.23. The van der Waals surface area contributed by atoms with Crippen LogP contribution in [-0.2, 0) is 4.79 Å². The van der Waals surface area contributed by atoms with Gasteiger partial charge in [0.25, 0.3) is 0 Å². The zero-order chi connectivity index (χ0) is 9.56. The summed E-state index contributed by atoms with van der Waals surface area (Å²) >= 11 is 0. The maximum absolute atomic E-state index is 11.3. The van der Waals surface area contributed by atoms with Crippen molar-refractivity contribution in [2.75, 3.05) is 13.7 Å². The summed E-state index contributed by atoms with van der Waals surface area (Å²) < 4.78 is 0. The van der Waals surface area contributed by atoms with Crippen LogP contribution < -0.4 is 0 Å². The summed E-state index contributed by atoms with van der Waals surface area (Å²) in [6.45, 7) is 4.18. The maximum atomic E-state index is 11.3. The van der Waals surface area contributed by atoms with Crippen molar-refractivity contribution in [3.63, 3.8) is 0 Å². The fourth-order valence-electron chi connectivity index (χ4n) is 0.926. The molecule has 0 heterocycles. The molecule has 0 saturated carbocycles. The lowest BCUT2D eigenvalue weighted by atomic mass is 10.2. The van der Waals surface area contributed by atoms with Gasteiger partial charge >= 0.3 is 0 Å². The molecule has 1 unspecified atom stereocenters. The number of hydrogen-bond acceptors (Lipinski definition) is 2. The average Bonchev–Trinajstić information content (AvgIpc) is 2.11. The average molecular weight is 173 g/mol. The molecule has 1 N–H and O–H groups in total. The third-order valence-electron chi connectivity index (χ3n) is 2.19. The second kappa shape index (κ2) is 6.00. The molecule has 0 aromatic heterocycles. The number of carbonyl (C=O) groups excluding carboxylic acids is 1. The zero-order valence-electron chi connectivity index (χ0n) is 8.21. The molecule has 0 aromatic rings. The van der Waals surface area contributed by atoms with Crippen LogP contribution in [0.1, 0.15) is 33.1 Å². The molecule has 0 spiro atoms. The van der Waals surface area contributed by atoms with Crippen molar-refractivity contribution in [1.82, 2.24) is 4.90 Å². The van der Waals surface area contributed by atoms with Crippen LogP contribution in [0.25, 0.3) is 0 Å². The number of nitrogens with zero attached hydrogens (tertiary/aromatic N) is 1. The molecule has 0 aromatic carbocycles. The van der Waals surface area contributed by atoms with E-state index in [2.05, 4.69) is 6.92 Å². The van der Waals surface area contributed by atoms with Gasteiger partial charge in [0.05, 0.1) is 0 Å². The van der Waals surface area contributed by atoms with E-state index in [1.807, 2.05) is 14.0 Å². The first-order valence-corrected chi connectivity index (χ1v) is 4.50. The number of carbonyl (C=O) groups is 1. The Morgan fingerprint density at radius 2 is 2.17 bits per heavy atom. The Kier molecular flexibility index (Phi) is 5.72. The Hall–Kier alpha value is -0.570. The van der Waals surface area contributed by atoms with Crippen LogP contribution in [-0.4, -0.2) is 35.6 Å². The molecule has 0 aliphatic rings. The number of amides is 1. The van der Waals surface area contributed by atoms with Gasteiger partial charge in [0.1, 0.15) is 0 Å². The molecular weight excluding hydrogens is 154 g/mol. The maximum Gasteiger partial charge on any atom is 0.222 e. The molecule has 0 rings (SSSR count). The van der Waals surface area contributed by atoms with Crippen LogP contribution in [0.4, 0.5) is 0 Å². The summed E-state index contributed by atoms with van der Waals surface area (Å²) in [7, 11) is 1.81. The monoisotopic (exact) mass is 173 g/mol. The van der Waals surface area contributed by atoms with Crippen molar-refractivity contribution in [2.45, 2.75) is 39.2 Å². The molecular formula is C9H19NO2. The molecule has 1 amide bonds. The van der Waals surface area contributed by atoms with E-state index in [-0.39, 0.29) is 12.5 Å². The third kappa shape index (κ3) is 3.72. The predicted octanol–water partition coefficient (Wildman–Crippen LogP) is 1.02. The van der Waals surface area contributed by atoms with Gasteiger partial charge in [-0.05, 0) is 19.8 Å². The first-order valence-electron chi connectivity index (χ1n) is 4.50. The highest BCUT2D eigenvalue weighted by Gasteiger charge is 2.12. The van der Waals surface area contributed by atoms with E-state index in [0.29, 0.717) is 18.9 Å². The molecule has 0 bridgehead atoms. The lowest BCUT2D eigenvalue weighted by Crippen LogP contribution is -2.34. The fourth-order valence-corrected chi connectivity index (χ4v) is 0.926. The summed E-state index contributed by atoms with van der Waals surface area (Å²) in [5, 5.41) is 8.52. The van der Waals surface area contributed by atoms with Crippen LogP contribution >= 0.6 is 0 Å². The first kappa shape index (κ1) is 11.4. The van der Waals surface area contributed by atoms with Gasteiger partial charge in [-0.15, -0.1) is 0 Å². The van der Waals surface area contributed by atoms with Crippen molar-refractivity contribution in [2.24, 2.45) is 0 Å². The van der Waals surface area contributed by atoms with E-state index in [1.165, 1.54) is 0 Å². The van der Waals surface area contributed by atoms with Crippen molar-refractivity contribution >= 4 is 5.91 Å². The van der Waals surface area contributed by atoms with Crippen molar-refractivity contribution in [1.29, 1.82) is 0 Å². The highest BCUT2D eigenvalue weighted by atomic mass is 16.3. The molecule has 72 valence electrons. The van der Waals surface area contributed by atoms with Gasteiger partial charge in [-0.25, -0.2) is 0 Å². The van der Waals surface area contributed by atoms with E-state index in [9.17, 15) is 4.79 Å². The van der Waals surface area contributed by atoms with E-state index >= 15 is 0 Å². The van der Waals surface area contributed by atoms with Gasteiger partial charge in [0.15, 0.2) is 0 Å². The second-order valence-electron chi connectivity index (χ2n) is 3.09. The van der Waals surface area contributed by atoms with Crippen LogP contribution in [0.3, 0.4) is 0 Å². The molecule has 0 aliphatic heterocycles. The van der Waals surface area contributed by atoms with Crippen LogP contribution in [0, 0.1) is 0 Å². The van der Waals surface area contributed by atoms with Crippen molar-refractivity contribution in [3.8, 4) is 0 Å². The van der Waals surface area contributed by atoms with Gasteiger partial charge in [0.2, 0.25) is 5.91 Å². The molecule has 0 radical (unpaired) electrons. The topological polar surface area (TPSA) is 40.5 Å². The number of rotatable bonds is 5. The van der Waals surface area contributed by atoms with E-state index in [1.54, 1.807) is 4.90 Å². The van der Waals surface area contributed by atoms with Gasteiger partial charge in [-0.3, -0.25) is 4.79 Å². The third-order valence-corrected chi connectivity index (χ3v) is 2.19. The van der Waals surface area contributed by atoms with Crippen molar-refractivity contribution in [3.05, 3.63) is 0 Å². The minimum atomic E-state index is 0.0973. The van der Waals surface area contributed by atoms with Gasteiger partial charge < -0.3 is 10.0 Å². The fraction of sp³-hybridized carbons (Fsp3) is 0.889. The molecule has 0 saturated heterocycles. The van der Waals surface area contributed by atoms with Crippen molar-refractivity contribution < 1.29 is 9.90 Å². The second-order valence-corrected chi connectivity index (χ2v) is 3.09. The molecule has 3 nitrogen and oxygen atoms in total. The highest BCUT2D eigenvalue weighted by molar-refractivity contribution is 5.76. The van der Waals surface area contributed by atoms with Gasteiger partial charge in [-0.2, -0.15) is 0 Å². The van der Waals surface area contributed by atoms with Crippen LogP contribution in [0.2, 0.25) is 0 Å². The summed E-state index contributed by atoms with van der Waals surface area (Å²) in [5.74, 6) is 0.124. The Morgan fingerprint density at radius 1 is 1.58 bits per heavy atom. The standard InChI is InChI=1S/C9H19NO2/c1-4-8(2)10(3)9(12)6-5-7-11/h8,11H,4-7H2,1-3H3. The number of aliphatic hydroxyl groups excluding tert-OH is 1. The molecule has 12 heavy (non-hydrogen) atoms. The predicted molar refractivity (Wildman–Crippen MR) is 48.8 cm³/mol. The minimum Gasteiger partial charge on any atom is -0.396 e. The minimum absolute atomic E-state index is 0.0973. The Morgan fingerprint density at radius 3 is 2.58 bits per heavy atom. The van der Waals surface area contributed by atoms with E-state index in [4.69, 9.17) is 5.11 Å². The van der Waals surface area contributed by atoms with Gasteiger partial charge in [-0.1, -0.05) is 6.92 Å². The largest absolute Gasteiger partial charge is 0.396 e. The van der Waals surface area contributed by atoms with E-state index in [0.717, 1.165) is 6.42 Å². The Balaban J connectivity index is 3.75. The smallest absolute Gasteiger partial charge is 0.222 e. The summed E-state index contributed by atoms with van der Waals surface area (Å²) in [6.07, 6.45) is 2.00. The van der Waals surface area contributed by atoms with Crippen LogP contribution in [0.5, 0.6) is 0 Å². The Bertz CT molecular complexity index is 136. The number of aliphatic hydroxyl groups is 1. The van der Waals surface area contributed by atoms with Crippen LogP contribution in [0.15, 0.2) is 0 Å². The van der Waals surface area contributed by atoms with Gasteiger partial charge in [0, 0.05) is 26.1 Å². The SMILES string of the molecule is CCC(C)N(C)C(=O)CCCO. The first-order chi connectivity index (χ1) is 5.63. The molecule has 3 heteroatoms. The quantitative estimate of drug-likeness (QED) is 0.674. The molecule has 1 atom stereocenters. The molecule has 0 aliphatic carbocycles. The lowest BCUT2D eigenvalue weighted by molar-refractivity contribution is -0.132. The summed E-state index contributed by atoms with van der Waals surface area (Å²) in [5.41, 5.74) is 0. The normalized spacial score (nSPS) is 12.7. The summed E-state index contributed by atoms with van der Waals surface area (Å²) in [4.78, 5) is 13.1. The van der Waals surface area contributed by atoms with E-state index < -0.39 is 0 Å². The number of hydrogen-bond donors (Lipinski definition) is 1. The Labute approximate surface area is 74.4 Å².